The number of rotatable bonds is 3. The second kappa shape index (κ2) is 6.31. The first-order chi connectivity index (χ1) is 9.40. The summed E-state index contributed by atoms with van der Waals surface area (Å²) < 4.78 is 39.3. The molecule has 2 nitrogen and oxygen atoms in total. The number of halogens is 2. The predicted molar refractivity (Wildman–Crippen MR) is 76.7 cm³/mol. The summed E-state index contributed by atoms with van der Waals surface area (Å²) in [4.78, 5) is 0.0660. The summed E-state index contributed by atoms with van der Waals surface area (Å²) in [6.45, 7) is 4.28. The molecule has 1 saturated carbocycles. The monoisotopic (exact) mass is 301 g/mol. The molecule has 1 fully saturated rings. The van der Waals surface area contributed by atoms with Crippen molar-refractivity contribution in [1.82, 2.24) is 0 Å². The van der Waals surface area contributed by atoms with E-state index in [1.165, 1.54) is 6.07 Å². The maximum Gasteiger partial charge on any atom is 0.142 e. The van der Waals surface area contributed by atoms with Gasteiger partial charge in [-0.05, 0) is 43.2 Å². The average molecular weight is 301 g/mol. The standard InChI is InChI=1S/C15H21F2NOS/c1-9(2)10-3-5-13(18)15(7-10)20(19)14-6-4-11(16)8-12(14)17/h4,6,8-10,13,15H,3,5,7,18H2,1-2H3. The molecule has 112 valence electrons. The maximum absolute atomic E-state index is 13.8. The van der Waals surface area contributed by atoms with E-state index in [9.17, 15) is 13.0 Å². The van der Waals surface area contributed by atoms with Gasteiger partial charge in [-0.15, -0.1) is 0 Å². The Morgan fingerprint density at radius 3 is 2.60 bits per heavy atom. The van der Waals surface area contributed by atoms with Crippen LogP contribution in [0.3, 0.4) is 0 Å². The van der Waals surface area contributed by atoms with Crippen LogP contribution < -0.4 is 5.73 Å². The minimum absolute atomic E-state index is 0.0660. The summed E-state index contributed by atoms with van der Waals surface area (Å²) in [6.07, 6.45) is 2.57. The first kappa shape index (κ1) is 15.6. The Morgan fingerprint density at radius 1 is 1.30 bits per heavy atom. The van der Waals surface area contributed by atoms with Crippen LogP contribution in [0.15, 0.2) is 23.1 Å². The lowest BCUT2D eigenvalue weighted by Crippen LogP contribution is -2.44. The lowest BCUT2D eigenvalue weighted by Gasteiger charge is -2.35. The topological polar surface area (TPSA) is 43.1 Å². The van der Waals surface area contributed by atoms with E-state index >= 15 is 0 Å². The van der Waals surface area contributed by atoms with Crippen molar-refractivity contribution < 1.29 is 13.0 Å². The summed E-state index contributed by atoms with van der Waals surface area (Å²) in [6, 6.07) is 3.01. The second-order valence-corrected chi connectivity index (χ2v) is 7.53. The highest BCUT2D eigenvalue weighted by molar-refractivity contribution is 7.85. The Hall–Kier alpha value is -0.810. The normalized spacial score (nSPS) is 28.6. The van der Waals surface area contributed by atoms with Gasteiger partial charge < -0.3 is 5.73 Å². The molecule has 0 aromatic heterocycles. The molecule has 0 heterocycles. The van der Waals surface area contributed by atoms with Crippen LogP contribution in [0.4, 0.5) is 8.78 Å². The number of nitrogens with two attached hydrogens (primary N) is 1. The van der Waals surface area contributed by atoms with E-state index in [0.29, 0.717) is 11.8 Å². The van der Waals surface area contributed by atoms with E-state index < -0.39 is 22.4 Å². The molecule has 0 amide bonds. The van der Waals surface area contributed by atoms with Crippen molar-refractivity contribution in [1.29, 1.82) is 0 Å². The molecule has 5 heteroatoms. The molecular formula is C15H21F2NOS. The largest absolute Gasteiger partial charge is 0.327 e. The van der Waals surface area contributed by atoms with Gasteiger partial charge in [0.1, 0.15) is 11.6 Å². The fraction of sp³-hybridized carbons (Fsp3) is 0.600. The van der Waals surface area contributed by atoms with E-state index in [1.807, 2.05) is 0 Å². The zero-order valence-corrected chi connectivity index (χ0v) is 12.6. The zero-order chi connectivity index (χ0) is 14.9. The highest BCUT2D eigenvalue weighted by Gasteiger charge is 2.34. The van der Waals surface area contributed by atoms with Crippen molar-refractivity contribution in [2.45, 2.75) is 49.3 Å². The highest BCUT2D eigenvalue weighted by Crippen LogP contribution is 2.34. The third-order valence-corrected chi connectivity index (χ3v) is 6.07. The van der Waals surface area contributed by atoms with Crippen LogP contribution in [0.5, 0.6) is 0 Å². The van der Waals surface area contributed by atoms with Crippen LogP contribution in [0.1, 0.15) is 33.1 Å². The third kappa shape index (κ3) is 3.26. The molecule has 2 N–H and O–H groups in total. The average Bonchev–Trinajstić information content (AvgIpc) is 2.38. The van der Waals surface area contributed by atoms with Gasteiger partial charge in [-0.3, -0.25) is 4.21 Å². The van der Waals surface area contributed by atoms with Gasteiger partial charge in [0.15, 0.2) is 0 Å². The van der Waals surface area contributed by atoms with Crippen molar-refractivity contribution in [3.05, 3.63) is 29.8 Å². The van der Waals surface area contributed by atoms with Crippen molar-refractivity contribution in [3.8, 4) is 0 Å². The van der Waals surface area contributed by atoms with Crippen molar-refractivity contribution in [2.75, 3.05) is 0 Å². The smallest absolute Gasteiger partial charge is 0.142 e. The van der Waals surface area contributed by atoms with E-state index in [-0.39, 0.29) is 16.2 Å². The highest BCUT2D eigenvalue weighted by atomic mass is 32.2. The van der Waals surface area contributed by atoms with Gasteiger partial charge in [0.05, 0.1) is 20.9 Å². The molecule has 0 aliphatic heterocycles. The van der Waals surface area contributed by atoms with Gasteiger partial charge in [0.25, 0.3) is 0 Å². The molecule has 0 spiro atoms. The van der Waals surface area contributed by atoms with Crippen LogP contribution in [0, 0.1) is 23.5 Å². The molecule has 1 aliphatic carbocycles. The van der Waals surface area contributed by atoms with Gasteiger partial charge in [-0.2, -0.15) is 0 Å². The fourth-order valence-electron chi connectivity index (χ4n) is 2.84. The molecule has 1 aromatic rings. The number of hydrogen-bond acceptors (Lipinski definition) is 2. The first-order valence-electron chi connectivity index (χ1n) is 7.01. The molecule has 1 aliphatic rings. The van der Waals surface area contributed by atoms with E-state index in [4.69, 9.17) is 5.73 Å². The Bertz CT molecular complexity index is 507. The molecule has 0 radical (unpaired) electrons. The minimum atomic E-state index is -1.52. The molecule has 0 bridgehead atoms. The lowest BCUT2D eigenvalue weighted by atomic mass is 9.79. The van der Waals surface area contributed by atoms with Gasteiger partial charge in [0, 0.05) is 12.1 Å². The molecule has 20 heavy (non-hydrogen) atoms. The Morgan fingerprint density at radius 2 is 2.00 bits per heavy atom. The third-order valence-electron chi connectivity index (χ3n) is 4.21. The second-order valence-electron chi connectivity index (χ2n) is 5.89. The molecule has 2 rings (SSSR count). The quantitative estimate of drug-likeness (QED) is 0.931. The zero-order valence-electron chi connectivity index (χ0n) is 11.8. The van der Waals surface area contributed by atoms with Gasteiger partial charge >= 0.3 is 0 Å². The summed E-state index contributed by atoms with van der Waals surface area (Å²) in [5.41, 5.74) is 6.07. The predicted octanol–water partition coefficient (Wildman–Crippen LogP) is 3.22. The Kier molecular flexibility index (Phi) is 4.91. The maximum atomic E-state index is 13.8. The molecule has 0 saturated heterocycles. The molecular weight excluding hydrogens is 280 g/mol. The summed E-state index contributed by atoms with van der Waals surface area (Å²) >= 11 is 0. The van der Waals surface area contributed by atoms with Crippen LogP contribution in [0.25, 0.3) is 0 Å². The summed E-state index contributed by atoms with van der Waals surface area (Å²) in [7, 11) is -1.52. The van der Waals surface area contributed by atoms with Crippen LogP contribution in [-0.4, -0.2) is 15.5 Å². The Labute approximate surface area is 121 Å². The first-order valence-corrected chi connectivity index (χ1v) is 8.22. The van der Waals surface area contributed by atoms with Gasteiger partial charge in [-0.1, -0.05) is 13.8 Å². The number of hydrogen-bond donors (Lipinski definition) is 1. The summed E-state index contributed by atoms with van der Waals surface area (Å²) in [5.74, 6) is -0.439. The Balaban J connectivity index is 2.22. The SMILES string of the molecule is CC(C)C1CCC(N)C(S(=O)c2ccc(F)cc2F)C1. The lowest BCUT2D eigenvalue weighted by molar-refractivity contribution is 0.263. The fourth-order valence-corrected chi connectivity index (χ4v) is 4.49. The van der Waals surface area contributed by atoms with Gasteiger partial charge in [0.2, 0.25) is 0 Å². The number of benzene rings is 1. The van der Waals surface area contributed by atoms with Crippen LogP contribution in [-0.2, 0) is 10.8 Å². The molecule has 4 atom stereocenters. The molecule has 4 unspecified atom stereocenters. The van der Waals surface area contributed by atoms with Crippen molar-refractivity contribution >= 4 is 10.8 Å². The van der Waals surface area contributed by atoms with Gasteiger partial charge in [-0.25, -0.2) is 8.78 Å². The van der Waals surface area contributed by atoms with E-state index in [0.717, 1.165) is 31.4 Å². The van der Waals surface area contributed by atoms with E-state index in [1.54, 1.807) is 0 Å². The van der Waals surface area contributed by atoms with Crippen molar-refractivity contribution in [2.24, 2.45) is 17.6 Å². The van der Waals surface area contributed by atoms with Crippen LogP contribution >= 0.6 is 0 Å². The van der Waals surface area contributed by atoms with E-state index in [2.05, 4.69) is 13.8 Å². The van der Waals surface area contributed by atoms with Crippen molar-refractivity contribution in [3.63, 3.8) is 0 Å². The molecule has 1 aromatic carbocycles. The summed E-state index contributed by atoms with van der Waals surface area (Å²) in [5, 5.41) is -0.254. The van der Waals surface area contributed by atoms with Crippen LogP contribution in [0.2, 0.25) is 0 Å². The minimum Gasteiger partial charge on any atom is -0.327 e.